The number of carbonyl (C=O) groups excluding carboxylic acids is 2. The fraction of sp³-hybridized carbons (Fsp3) is 0.455. The molecule has 15 heavy (non-hydrogen) atoms. The van der Waals surface area contributed by atoms with E-state index in [1.807, 2.05) is 6.07 Å². The average molecular weight is 226 g/mol. The highest BCUT2D eigenvalue weighted by molar-refractivity contribution is 7.14. The second kappa shape index (κ2) is 5.66. The van der Waals surface area contributed by atoms with Crippen LogP contribution in [0.15, 0.2) is 12.1 Å². The molecule has 1 aromatic rings. The molecule has 0 aliphatic heterocycles. The monoisotopic (exact) mass is 226 g/mol. The van der Waals surface area contributed by atoms with E-state index >= 15 is 0 Å². The van der Waals surface area contributed by atoms with Gasteiger partial charge in [0.05, 0.1) is 12.0 Å². The summed E-state index contributed by atoms with van der Waals surface area (Å²) in [7, 11) is 1.28. The Morgan fingerprint density at radius 3 is 2.73 bits per heavy atom. The number of hydrogen-bond acceptors (Lipinski definition) is 4. The zero-order chi connectivity index (χ0) is 11.3. The van der Waals surface area contributed by atoms with Gasteiger partial charge in [0.2, 0.25) is 0 Å². The highest BCUT2D eigenvalue weighted by Gasteiger charge is 2.13. The minimum Gasteiger partial charge on any atom is -0.469 e. The number of ketones is 1. The average Bonchev–Trinajstić information content (AvgIpc) is 2.67. The molecule has 0 aromatic carbocycles. The second-order valence-electron chi connectivity index (χ2n) is 3.19. The zero-order valence-corrected chi connectivity index (χ0v) is 9.73. The molecule has 0 radical (unpaired) electrons. The summed E-state index contributed by atoms with van der Waals surface area (Å²) in [6.07, 6.45) is 1.88. The summed E-state index contributed by atoms with van der Waals surface area (Å²) >= 11 is 1.46. The maximum atomic E-state index is 11.5. The lowest BCUT2D eigenvalue weighted by Crippen LogP contribution is -2.08. The number of hydrogen-bond donors (Lipinski definition) is 0. The predicted octanol–water partition coefficient (Wildman–Crippen LogP) is 2.45. The smallest absolute Gasteiger partial charge is 0.313 e. The molecule has 0 unspecified atom stereocenters. The molecule has 0 amide bonds. The van der Waals surface area contributed by atoms with E-state index < -0.39 is 5.97 Å². The Bertz CT molecular complexity index is 354. The molecule has 1 rings (SSSR count). The standard InChI is InChI=1S/C11H14O3S/c1-3-4-8-5-6-10(15-8)9(12)7-11(13)14-2/h5-6H,3-4,7H2,1-2H3. The van der Waals surface area contributed by atoms with Crippen molar-refractivity contribution in [1.29, 1.82) is 0 Å². The molecule has 1 aromatic heterocycles. The first kappa shape index (κ1) is 11.9. The van der Waals surface area contributed by atoms with Crippen LogP contribution in [-0.4, -0.2) is 18.9 Å². The van der Waals surface area contributed by atoms with Gasteiger partial charge in [-0.1, -0.05) is 13.3 Å². The Labute approximate surface area is 93.1 Å². The lowest BCUT2D eigenvalue weighted by Gasteiger charge is -1.96. The van der Waals surface area contributed by atoms with Gasteiger partial charge < -0.3 is 4.74 Å². The van der Waals surface area contributed by atoms with Gasteiger partial charge in [0, 0.05) is 4.88 Å². The lowest BCUT2D eigenvalue weighted by atomic mass is 10.2. The largest absolute Gasteiger partial charge is 0.469 e. The van der Waals surface area contributed by atoms with Gasteiger partial charge in [-0.3, -0.25) is 9.59 Å². The number of ether oxygens (including phenoxy) is 1. The summed E-state index contributed by atoms with van der Waals surface area (Å²) in [6.45, 7) is 2.09. The molecule has 1 heterocycles. The minimum absolute atomic E-state index is 0.158. The van der Waals surface area contributed by atoms with Crippen LogP contribution in [0.3, 0.4) is 0 Å². The molecule has 0 N–H and O–H groups in total. The van der Waals surface area contributed by atoms with Crippen molar-refractivity contribution in [2.24, 2.45) is 0 Å². The minimum atomic E-state index is -0.481. The van der Waals surface area contributed by atoms with E-state index in [4.69, 9.17) is 0 Å². The first-order valence-corrected chi connectivity index (χ1v) is 5.67. The molecule has 3 nitrogen and oxygen atoms in total. The predicted molar refractivity (Wildman–Crippen MR) is 59.3 cm³/mol. The van der Waals surface area contributed by atoms with Crippen molar-refractivity contribution < 1.29 is 14.3 Å². The van der Waals surface area contributed by atoms with Crippen LogP contribution in [0.1, 0.15) is 34.3 Å². The van der Waals surface area contributed by atoms with Crippen molar-refractivity contribution in [3.05, 3.63) is 21.9 Å². The Balaban J connectivity index is 2.61. The highest BCUT2D eigenvalue weighted by Crippen LogP contribution is 2.19. The summed E-state index contributed by atoms with van der Waals surface area (Å²) < 4.78 is 4.44. The summed E-state index contributed by atoms with van der Waals surface area (Å²) in [5, 5.41) is 0. The molecule has 0 saturated heterocycles. The lowest BCUT2D eigenvalue weighted by molar-refractivity contribution is -0.139. The van der Waals surface area contributed by atoms with Gasteiger partial charge in [-0.15, -0.1) is 11.3 Å². The molecule has 0 fully saturated rings. The van der Waals surface area contributed by atoms with Gasteiger partial charge in [-0.25, -0.2) is 0 Å². The van der Waals surface area contributed by atoms with Crippen molar-refractivity contribution in [3.8, 4) is 0 Å². The Hall–Kier alpha value is -1.16. The summed E-state index contributed by atoms with van der Waals surface area (Å²) in [5.74, 6) is -0.639. The SMILES string of the molecule is CCCc1ccc(C(=O)CC(=O)OC)s1. The van der Waals surface area contributed by atoms with Gasteiger partial charge in [-0.2, -0.15) is 0 Å². The number of thiophene rings is 1. The fourth-order valence-electron chi connectivity index (χ4n) is 1.20. The highest BCUT2D eigenvalue weighted by atomic mass is 32.1. The van der Waals surface area contributed by atoms with Crippen LogP contribution in [0.5, 0.6) is 0 Å². The molecule has 0 aliphatic rings. The van der Waals surface area contributed by atoms with Gasteiger partial charge in [0.25, 0.3) is 0 Å². The third-order valence-corrected chi connectivity index (χ3v) is 3.15. The molecule has 0 bridgehead atoms. The first-order chi connectivity index (χ1) is 7.17. The molecule has 0 atom stereocenters. The third kappa shape index (κ3) is 3.47. The number of Topliss-reactive ketones (excluding diaryl/α,β-unsaturated/α-hetero) is 1. The maximum Gasteiger partial charge on any atom is 0.313 e. The molecule has 4 heteroatoms. The number of esters is 1. The van der Waals surface area contributed by atoms with Crippen molar-refractivity contribution in [2.75, 3.05) is 7.11 Å². The van der Waals surface area contributed by atoms with E-state index in [0.29, 0.717) is 4.88 Å². The van der Waals surface area contributed by atoms with Crippen LogP contribution >= 0.6 is 11.3 Å². The molecular weight excluding hydrogens is 212 g/mol. The zero-order valence-electron chi connectivity index (χ0n) is 8.91. The number of rotatable bonds is 5. The topological polar surface area (TPSA) is 43.4 Å². The number of aryl methyl sites for hydroxylation is 1. The molecule has 82 valence electrons. The Kier molecular flexibility index (Phi) is 4.49. The Morgan fingerprint density at radius 2 is 2.13 bits per heavy atom. The van der Waals surface area contributed by atoms with Gasteiger partial charge in [0.1, 0.15) is 6.42 Å². The Morgan fingerprint density at radius 1 is 1.40 bits per heavy atom. The molecule has 0 aliphatic carbocycles. The molecule has 0 saturated carbocycles. The summed E-state index contributed by atoms with van der Waals surface area (Å²) in [4.78, 5) is 24.3. The van der Waals surface area contributed by atoms with E-state index in [2.05, 4.69) is 11.7 Å². The van der Waals surface area contributed by atoms with Crippen LogP contribution in [0.25, 0.3) is 0 Å². The van der Waals surface area contributed by atoms with E-state index in [-0.39, 0.29) is 12.2 Å². The second-order valence-corrected chi connectivity index (χ2v) is 4.36. The van der Waals surface area contributed by atoms with Crippen molar-refractivity contribution in [2.45, 2.75) is 26.2 Å². The van der Waals surface area contributed by atoms with Crippen molar-refractivity contribution in [1.82, 2.24) is 0 Å². The van der Waals surface area contributed by atoms with Crippen molar-refractivity contribution >= 4 is 23.1 Å². The number of methoxy groups -OCH3 is 1. The van der Waals surface area contributed by atoms with Crippen LogP contribution in [0, 0.1) is 0 Å². The number of carbonyl (C=O) groups is 2. The van der Waals surface area contributed by atoms with E-state index in [0.717, 1.165) is 12.8 Å². The molecular formula is C11H14O3S. The first-order valence-electron chi connectivity index (χ1n) is 4.86. The van der Waals surface area contributed by atoms with E-state index in [1.54, 1.807) is 6.07 Å². The van der Waals surface area contributed by atoms with Gasteiger partial charge in [-0.05, 0) is 18.6 Å². The fourth-order valence-corrected chi connectivity index (χ4v) is 2.25. The molecule has 0 spiro atoms. The summed E-state index contributed by atoms with van der Waals surface area (Å²) in [5.41, 5.74) is 0. The van der Waals surface area contributed by atoms with Crippen LogP contribution in [0.4, 0.5) is 0 Å². The normalized spacial score (nSPS) is 10.0. The van der Waals surface area contributed by atoms with Crippen LogP contribution < -0.4 is 0 Å². The van der Waals surface area contributed by atoms with Gasteiger partial charge >= 0.3 is 5.97 Å². The van der Waals surface area contributed by atoms with Gasteiger partial charge in [0.15, 0.2) is 5.78 Å². The van der Waals surface area contributed by atoms with E-state index in [1.165, 1.54) is 23.3 Å². The third-order valence-electron chi connectivity index (χ3n) is 1.97. The van der Waals surface area contributed by atoms with Crippen LogP contribution in [0.2, 0.25) is 0 Å². The quantitative estimate of drug-likeness (QED) is 0.440. The van der Waals surface area contributed by atoms with E-state index in [9.17, 15) is 9.59 Å². The maximum absolute atomic E-state index is 11.5. The summed E-state index contributed by atoms with van der Waals surface area (Å²) in [6, 6.07) is 3.72. The van der Waals surface area contributed by atoms with Crippen LogP contribution in [-0.2, 0) is 16.0 Å². The van der Waals surface area contributed by atoms with Crippen molar-refractivity contribution in [3.63, 3.8) is 0 Å².